The third kappa shape index (κ3) is 4.11. The highest BCUT2D eigenvalue weighted by atomic mass is 16.5. The molecule has 3 amide bonds. The summed E-state index contributed by atoms with van der Waals surface area (Å²) >= 11 is 0. The number of rotatable bonds is 7. The molecule has 2 N–H and O–H groups in total. The molecule has 5 rings (SSSR count). The fourth-order valence-corrected chi connectivity index (χ4v) is 5.22. The zero-order chi connectivity index (χ0) is 24.7. The number of anilines is 1. The van der Waals surface area contributed by atoms with Crippen LogP contribution in [-0.4, -0.2) is 64.0 Å². The van der Waals surface area contributed by atoms with Crippen molar-refractivity contribution < 1.29 is 23.9 Å². The highest BCUT2D eigenvalue weighted by Gasteiger charge is 2.54. The van der Waals surface area contributed by atoms with Crippen molar-refractivity contribution in [3.8, 4) is 11.5 Å². The molecule has 1 aliphatic heterocycles. The van der Waals surface area contributed by atoms with Gasteiger partial charge in [0.05, 0.1) is 32.8 Å². The fourth-order valence-electron chi connectivity index (χ4n) is 5.22. The molecule has 1 unspecified atom stereocenters. The molecule has 2 aromatic rings. The van der Waals surface area contributed by atoms with Crippen LogP contribution >= 0.6 is 0 Å². The summed E-state index contributed by atoms with van der Waals surface area (Å²) in [7, 11) is 3.04. The van der Waals surface area contributed by atoms with Gasteiger partial charge < -0.3 is 29.6 Å². The smallest absolute Gasteiger partial charge is 0.276 e. The molecule has 186 valence electrons. The van der Waals surface area contributed by atoms with E-state index in [0.717, 1.165) is 38.5 Å². The summed E-state index contributed by atoms with van der Waals surface area (Å²) in [4.78, 5) is 46.4. The Kier molecular flexibility index (Phi) is 5.90. The SMILES string of the molecule is COc1ccc(NC(=O)c2ncn3c2C(=O)N(C2CC2)C(C)(C(=O)NC2CCCC2)C3)c(OC)c1. The first-order chi connectivity index (χ1) is 16.9. The Morgan fingerprint density at radius 1 is 1.11 bits per heavy atom. The van der Waals surface area contributed by atoms with Crippen molar-refractivity contribution in [2.45, 2.75) is 69.6 Å². The summed E-state index contributed by atoms with van der Waals surface area (Å²) < 4.78 is 12.2. The Morgan fingerprint density at radius 2 is 1.86 bits per heavy atom. The van der Waals surface area contributed by atoms with Gasteiger partial charge in [0.25, 0.3) is 11.8 Å². The topological polar surface area (TPSA) is 115 Å². The van der Waals surface area contributed by atoms with E-state index in [4.69, 9.17) is 9.47 Å². The van der Waals surface area contributed by atoms with Gasteiger partial charge in [0.2, 0.25) is 5.91 Å². The molecule has 2 saturated carbocycles. The molecule has 3 aliphatic rings. The van der Waals surface area contributed by atoms with Gasteiger partial charge in [-0.1, -0.05) is 12.8 Å². The zero-order valence-corrected chi connectivity index (χ0v) is 20.3. The van der Waals surface area contributed by atoms with Gasteiger partial charge in [-0.15, -0.1) is 0 Å². The van der Waals surface area contributed by atoms with Crippen LogP contribution in [0, 0.1) is 0 Å². The van der Waals surface area contributed by atoms with Crippen LogP contribution in [0.5, 0.6) is 11.5 Å². The Morgan fingerprint density at radius 3 is 2.51 bits per heavy atom. The van der Waals surface area contributed by atoms with Gasteiger partial charge in [-0.2, -0.15) is 0 Å². The third-order valence-corrected chi connectivity index (χ3v) is 7.23. The van der Waals surface area contributed by atoms with Crippen LogP contribution in [0.1, 0.15) is 66.4 Å². The lowest BCUT2D eigenvalue weighted by Gasteiger charge is -2.44. The Labute approximate surface area is 204 Å². The molecular formula is C25H31N5O5. The Balaban J connectivity index is 1.43. The van der Waals surface area contributed by atoms with Gasteiger partial charge in [-0.3, -0.25) is 14.4 Å². The number of methoxy groups -OCH3 is 2. The van der Waals surface area contributed by atoms with E-state index < -0.39 is 11.4 Å². The van der Waals surface area contributed by atoms with E-state index in [1.807, 2.05) is 6.92 Å². The van der Waals surface area contributed by atoms with Gasteiger partial charge in [0.15, 0.2) is 5.69 Å². The summed E-state index contributed by atoms with van der Waals surface area (Å²) in [6.45, 7) is 2.06. The molecule has 10 nitrogen and oxygen atoms in total. The molecule has 1 aromatic heterocycles. The van der Waals surface area contributed by atoms with Gasteiger partial charge in [0, 0.05) is 18.2 Å². The van der Waals surface area contributed by atoms with E-state index >= 15 is 0 Å². The molecule has 10 heteroatoms. The molecule has 2 fully saturated rings. The lowest BCUT2D eigenvalue weighted by molar-refractivity contribution is -0.134. The monoisotopic (exact) mass is 481 g/mol. The summed E-state index contributed by atoms with van der Waals surface area (Å²) in [6, 6.07) is 5.17. The van der Waals surface area contributed by atoms with Gasteiger partial charge in [0.1, 0.15) is 22.7 Å². The molecule has 2 heterocycles. The highest BCUT2D eigenvalue weighted by molar-refractivity contribution is 6.12. The number of carbonyl (C=O) groups is 3. The average Bonchev–Trinajstić information content (AvgIpc) is 3.36. The number of aromatic nitrogens is 2. The van der Waals surface area contributed by atoms with Crippen molar-refractivity contribution in [1.29, 1.82) is 0 Å². The second-order valence-corrected chi connectivity index (χ2v) is 9.73. The second kappa shape index (κ2) is 8.90. The lowest BCUT2D eigenvalue weighted by Crippen LogP contribution is -2.65. The zero-order valence-electron chi connectivity index (χ0n) is 20.3. The maximum absolute atomic E-state index is 13.8. The van der Waals surface area contributed by atoms with Crippen LogP contribution in [0.15, 0.2) is 24.5 Å². The first kappa shape index (κ1) is 23.2. The fraction of sp³-hybridized carbons (Fsp3) is 0.520. The van der Waals surface area contributed by atoms with E-state index in [0.29, 0.717) is 17.2 Å². The Hall–Kier alpha value is -3.56. The minimum Gasteiger partial charge on any atom is -0.497 e. The number of benzene rings is 1. The number of ether oxygens (including phenoxy) is 2. The van der Waals surface area contributed by atoms with Crippen LogP contribution < -0.4 is 20.1 Å². The molecule has 1 aromatic carbocycles. The van der Waals surface area contributed by atoms with Crippen molar-refractivity contribution in [2.24, 2.45) is 0 Å². The largest absolute Gasteiger partial charge is 0.497 e. The van der Waals surface area contributed by atoms with Crippen LogP contribution in [0.2, 0.25) is 0 Å². The highest BCUT2D eigenvalue weighted by Crippen LogP contribution is 2.39. The first-order valence-electron chi connectivity index (χ1n) is 12.1. The molecule has 2 aliphatic carbocycles. The van der Waals surface area contributed by atoms with E-state index in [2.05, 4.69) is 15.6 Å². The number of imidazole rings is 1. The quantitative estimate of drug-likeness (QED) is 0.628. The normalized spacial score (nSPS) is 22.0. The van der Waals surface area contributed by atoms with Crippen molar-refractivity contribution in [2.75, 3.05) is 19.5 Å². The maximum atomic E-state index is 13.8. The number of nitrogens with one attached hydrogen (secondary N) is 2. The van der Waals surface area contributed by atoms with E-state index in [1.165, 1.54) is 13.4 Å². The summed E-state index contributed by atoms with van der Waals surface area (Å²) in [6.07, 6.45) is 7.31. The standard InChI is InChI=1S/C25H31N5O5/c1-25(24(33)27-15-6-4-5-7-15)13-29-14-26-20(21(29)23(32)30(25)16-8-9-16)22(31)28-18-11-10-17(34-2)12-19(18)35-3/h10-12,14-16H,4-9,13H2,1-3H3,(H,27,33)(H,28,31). The van der Waals surface area contributed by atoms with Gasteiger partial charge >= 0.3 is 0 Å². The third-order valence-electron chi connectivity index (χ3n) is 7.23. The number of amides is 3. The van der Waals surface area contributed by atoms with Gasteiger partial charge in [-0.05, 0) is 44.7 Å². The van der Waals surface area contributed by atoms with Crippen LogP contribution in [0.3, 0.4) is 0 Å². The molecule has 0 bridgehead atoms. The lowest BCUT2D eigenvalue weighted by atomic mass is 9.93. The number of fused-ring (bicyclic) bond motifs is 1. The molecule has 35 heavy (non-hydrogen) atoms. The number of hydrogen-bond acceptors (Lipinski definition) is 6. The predicted octanol–water partition coefficient (Wildman–Crippen LogP) is 2.59. The van der Waals surface area contributed by atoms with Crippen LogP contribution in [-0.2, 0) is 11.3 Å². The molecule has 0 radical (unpaired) electrons. The van der Waals surface area contributed by atoms with Crippen LogP contribution in [0.25, 0.3) is 0 Å². The molecule has 1 atom stereocenters. The second-order valence-electron chi connectivity index (χ2n) is 9.73. The van der Waals surface area contributed by atoms with Crippen molar-refractivity contribution in [3.05, 3.63) is 35.9 Å². The number of hydrogen-bond donors (Lipinski definition) is 2. The van der Waals surface area contributed by atoms with E-state index in [-0.39, 0.29) is 41.8 Å². The van der Waals surface area contributed by atoms with Crippen molar-refractivity contribution >= 4 is 23.4 Å². The Bertz CT molecular complexity index is 1170. The van der Waals surface area contributed by atoms with Gasteiger partial charge in [-0.25, -0.2) is 4.98 Å². The van der Waals surface area contributed by atoms with Crippen molar-refractivity contribution in [1.82, 2.24) is 19.8 Å². The summed E-state index contributed by atoms with van der Waals surface area (Å²) in [5.74, 6) is 0.00738. The summed E-state index contributed by atoms with van der Waals surface area (Å²) in [5.41, 5.74) is -0.380. The molecular weight excluding hydrogens is 450 g/mol. The van der Waals surface area contributed by atoms with E-state index in [1.54, 1.807) is 34.8 Å². The average molecular weight is 482 g/mol. The predicted molar refractivity (Wildman–Crippen MR) is 128 cm³/mol. The van der Waals surface area contributed by atoms with Crippen molar-refractivity contribution in [3.63, 3.8) is 0 Å². The van der Waals surface area contributed by atoms with Crippen LogP contribution in [0.4, 0.5) is 5.69 Å². The molecule has 0 spiro atoms. The summed E-state index contributed by atoms with van der Waals surface area (Å²) in [5, 5.41) is 5.96. The minimum absolute atomic E-state index is 0.0110. The molecule has 0 saturated heterocycles. The maximum Gasteiger partial charge on any atom is 0.276 e. The first-order valence-corrected chi connectivity index (χ1v) is 12.1. The minimum atomic E-state index is -1.04. The van der Waals surface area contributed by atoms with E-state index in [9.17, 15) is 14.4 Å². The number of nitrogens with zero attached hydrogens (tertiary/aromatic N) is 3. The number of carbonyl (C=O) groups excluding carboxylic acids is 3.